The average molecular weight is 283 g/mol. The minimum atomic E-state index is -0.275. The quantitative estimate of drug-likeness (QED) is 0.754. The molecule has 0 fully saturated rings. The lowest BCUT2D eigenvalue weighted by Gasteiger charge is -2.18. The first-order valence-corrected chi connectivity index (χ1v) is 8.09. The van der Waals surface area contributed by atoms with Gasteiger partial charge in [0.1, 0.15) is 0 Å². The van der Waals surface area contributed by atoms with Crippen LogP contribution in [0.4, 0.5) is 0 Å². The molecule has 1 aromatic rings. The van der Waals surface area contributed by atoms with Gasteiger partial charge in [-0.15, -0.1) is 0 Å². The fourth-order valence-electron chi connectivity index (χ4n) is 1.69. The molecule has 1 amide bonds. The lowest BCUT2D eigenvalue weighted by Crippen LogP contribution is -2.41. The predicted octanol–water partition coefficient (Wildman–Crippen LogP) is 2.79. The molecule has 0 saturated carbocycles. The summed E-state index contributed by atoms with van der Waals surface area (Å²) in [5.74, 6) is 0.983. The molecule has 4 heteroatoms. The Hall–Kier alpha value is -0.610. The van der Waals surface area contributed by atoms with Gasteiger partial charge in [-0.1, -0.05) is 37.3 Å². The van der Waals surface area contributed by atoms with Crippen molar-refractivity contribution in [3.8, 4) is 0 Å². The van der Waals surface area contributed by atoms with Crippen LogP contribution in [0.5, 0.6) is 0 Å². The van der Waals surface area contributed by atoms with Crippen LogP contribution in [-0.4, -0.2) is 29.2 Å². The van der Waals surface area contributed by atoms with E-state index in [1.165, 1.54) is 0 Å². The predicted molar refractivity (Wildman–Crippen MR) is 83.5 cm³/mol. The Kier molecular flexibility index (Phi) is 7.28. The van der Waals surface area contributed by atoms with Gasteiger partial charge in [0.25, 0.3) is 0 Å². The SMILES string of the molecule is CCC(CSC)NC(=O)C(S)Cc1ccccc1. The van der Waals surface area contributed by atoms with Crippen molar-refractivity contribution >= 4 is 30.3 Å². The summed E-state index contributed by atoms with van der Waals surface area (Å²) in [7, 11) is 0. The number of amides is 1. The molecule has 2 atom stereocenters. The zero-order chi connectivity index (χ0) is 13.4. The van der Waals surface area contributed by atoms with E-state index >= 15 is 0 Å². The summed E-state index contributed by atoms with van der Waals surface area (Å²) < 4.78 is 0. The summed E-state index contributed by atoms with van der Waals surface area (Å²) in [4.78, 5) is 12.0. The zero-order valence-electron chi connectivity index (χ0n) is 10.9. The highest BCUT2D eigenvalue weighted by Gasteiger charge is 2.17. The van der Waals surface area contributed by atoms with Gasteiger partial charge < -0.3 is 5.32 Å². The van der Waals surface area contributed by atoms with Crippen molar-refractivity contribution < 1.29 is 4.79 Å². The number of hydrogen-bond acceptors (Lipinski definition) is 3. The van der Waals surface area contributed by atoms with Crippen molar-refractivity contribution in [3.05, 3.63) is 35.9 Å². The fourth-order valence-corrected chi connectivity index (χ4v) is 2.70. The lowest BCUT2D eigenvalue weighted by atomic mass is 10.1. The van der Waals surface area contributed by atoms with Crippen molar-refractivity contribution in [2.75, 3.05) is 12.0 Å². The molecule has 0 aliphatic carbocycles. The van der Waals surface area contributed by atoms with Crippen molar-refractivity contribution in [1.82, 2.24) is 5.32 Å². The Morgan fingerprint density at radius 3 is 2.61 bits per heavy atom. The number of thioether (sulfide) groups is 1. The van der Waals surface area contributed by atoms with Gasteiger partial charge in [0.05, 0.1) is 5.25 Å². The molecule has 0 bridgehead atoms. The van der Waals surface area contributed by atoms with Crippen molar-refractivity contribution in [3.63, 3.8) is 0 Å². The molecule has 0 saturated heterocycles. The van der Waals surface area contributed by atoms with Gasteiger partial charge in [0, 0.05) is 11.8 Å². The Balaban J connectivity index is 2.46. The van der Waals surface area contributed by atoms with E-state index in [9.17, 15) is 4.79 Å². The second-order valence-electron chi connectivity index (χ2n) is 4.27. The van der Waals surface area contributed by atoms with Crippen LogP contribution in [0.15, 0.2) is 30.3 Å². The Morgan fingerprint density at radius 2 is 2.06 bits per heavy atom. The summed E-state index contributed by atoms with van der Waals surface area (Å²) >= 11 is 6.15. The van der Waals surface area contributed by atoms with Crippen LogP contribution in [0.1, 0.15) is 18.9 Å². The molecule has 2 nitrogen and oxygen atoms in total. The van der Waals surface area contributed by atoms with Crippen molar-refractivity contribution in [1.29, 1.82) is 0 Å². The summed E-state index contributed by atoms with van der Waals surface area (Å²) in [6.45, 7) is 2.09. The highest BCUT2D eigenvalue weighted by Crippen LogP contribution is 2.09. The first-order valence-electron chi connectivity index (χ1n) is 6.18. The van der Waals surface area contributed by atoms with E-state index in [2.05, 4.69) is 31.1 Å². The first-order chi connectivity index (χ1) is 8.67. The third-order valence-electron chi connectivity index (χ3n) is 2.78. The lowest BCUT2D eigenvalue weighted by molar-refractivity contribution is -0.121. The second kappa shape index (κ2) is 8.48. The maximum absolute atomic E-state index is 12.0. The zero-order valence-corrected chi connectivity index (χ0v) is 12.6. The molecule has 1 aromatic carbocycles. The number of rotatable bonds is 7. The number of nitrogens with one attached hydrogen (secondary N) is 1. The van der Waals surface area contributed by atoms with Crippen LogP contribution in [-0.2, 0) is 11.2 Å². The standard InChI is InChI=1S/C14H21NOS2/c1-3-12(10-18-2)15-14(16)13(17)9-11-7-5-4-6-8-11/h4-8,12-13,17H,3,9-10H2,1-2H3,(H,15,16). The molecule has 2 unspecified atom stereocenters. The number of hydrogen-bond donors (Lipinski definition) is 2. The molecule has 18 heavy (non-hydrogen) atoms. The summed E-state index contributed by atoms with van der Waals surface area (Å²) in [5, 5.41) is 2.78. The van der Waals surface area contributed by atoms with Gasteiger partial charge in [0.2, 0.25) is 5.91 Å². The minimum absolute atomic E-state index is 0.0306. The van der Waals surface area contributed by atoms with E-state index in [0.29, 0.717) is 6.42 Å². The molecule has 0 spiro atoms. The molecule has 0 heterocycles. The van der Waals surface area contributed by atoms with Crippen molar-refractivity contribution in [2.24, 2.45) is 0 Å². The van der Waals surface area contributed by atoms with Crippen molar-refractivity contribution in [2.45, 2.75) is 31.1 Å². The van der Waals surface area contributed by atoms with Crippen LogP contribution < -0.4 is 5.32 Å². The third kappa shape index (κ3) is 5.36. The van der Waals surface area contributed by atoms with E-state index in [-0.39, 0.29) is 17.2 Å². The van der Waals surface area contributed by atoms with Crippen LogP contribution in [0.2, 0.25) is 0 Å². The topological polar surface area (TPSA) is 29.1 Å². The molecule has 0 radical (unpaired) electrons. The Bertz CT molecular complexity index is 356. The number of carbonyl (C=O) groups excluding carboxylic acids is 1. The largest absolute Gasteiger partial charge is 0.352 e. The summed E-state index contributed by atoms with van der Waals surface area (Å²) in [6.07, 6.45) is 3.68. The number of thiol groups is 1. The molecule has 0 aliphatic heterocycles. The highest BCUT2D eigenvalue weighted by molar-refractivity contribution is 7.98. The first kappa shape index (κ1) is 15.4. The van der Waals surface area contributed by atoms with Gasteiger partial charge >= 0.3 is 0 Å². The van der Waals surface area contributed by atoms with Crippen LogP contribution in [0.25, 0.3) is 0 Å². The maximum atomic E-state index is 12.0. The highest BCUT2D eigenvalue weighted by atomic mass is 32.2. The van der Waals surface area contributed by atoms with Crippen LogP contribution in [0.3, 0.4) is 0 Å². The van der Waals surface area contributed by atoms with Gasteiger partial charge in [-0.05, 0) is 24.7 Å². The van der Waals surface area contributed by atoms with Gasteiger partial charge in [-0.25, -0.2) is 0 Å². The summed E-state index contributed by atoms with van der Waals surface area (Å²) in [6, 6.07) is 10.2. The molecular formula is C14H21NOS2. The monoisotopic (exact) mass is 283 g/mol. The maximum Gasteiger partial charge on any atom is 0.233 e. The normalized spacial score (nSPS) is 13.9. The van der Waals surface area contributed by atoms with E-state index < -0.39 is 0 Å². The Labute approximate surface area is 119 Å². The molecule has 0 aromatic heterocycles. The number of benzene rings is 1. The molecule has 0 aliphatic rings. The third-order valence-corrected chi connectivity index (χ3v) is 3.93. The van der Waals surface area contributed by atoms with E-state index in [1.54, 1.807) is 11.8 Å². The van der Waals surface area contributed by atoms with Gasteiger partial charge in [-0.2, -0.15) is 24.4 Å². The smallest absolute Gasteiger partial charge is 0.233 e. The minimum Gasteiger partial charge on any atom is -0.352 e. The van der Waals surface area contributed by atoms with E-state index in [0.717, 1.165) is 17.7 Å². The average Bonchev–Trinajstić information content (AvgIpc) is 2.39. The van der Waals surface area contributed by atoms with Gasteiger partial charge in [-0.3, -0.25) is 4.79 Å². The van der Waals surface area contributed by atoms with Gasteiger partial charge in [0.15, 0.2) is 0 Å². The molecular weight excluding hydrogens is 262 g/mol. The second-order valence-corrected chi connectivity index (χ2v) is 5.81. The van der Waals surface area contributed by atoms with E-state index in [1.807, 2.05) is 30.3 Å². The van der Waals surface area contributed by atoms with Crippen LogP contribution >= 0.6 is 24.4 Å². The van der Waals surface area contributed by atoms with E-state index in [4.69, 9.17) is 0 Å². The fraction of sp³-hybridized carbons (Fsp3) is 0.500. The van der Waals surface area contributed by atoms with Crippen LogP contribution in [0, 0.1) is 0 Å². The summed E-state index contributed by atoms with van der Waals surface area (Å²) in [5.41, 5.74) is 1.14. The number of carbonyl (C=O) groups is 1. The molecule has 1 rings (SSSR count). The molecule has 1 N–H and O–H groups in total. The Morgan fingerprint density at radius 1 is 1.39 bits per heavy atom. The molecule has 100 valence electrons.